The lowest BCUT2D eigenvalue weighted by Crippen LogP contribution is -2.61. The van der Waals surface area contributed by atoms with Crippen molar-refractivity contribution in [2.75, 3.05) is 26.7 Å². The van der Waals surface area contributed by atoms with Gasteiger partial charge in [0.2, 0.25) is 17.6 Å². The van der Waals surface area contributed by atoms with E-state index in [1.54, 1.807) is 17.0 Å². The largest absolute Gasteiger partial charge is 0.346 e. The lowest BCUT2D eigenvalue weighted by atomic mass is 9.82. The van der Waals surface area contributed by atoms with Crippen LogP contribution in [0, 0.1) is 23.2 Å². The highest BCUT2D eigenvalue weighted by atomic mass is 32.2. The quantitative estimate of drug-likeness (QED) is 0.138. The number of likely N-dealkylation sites (N-methyl/N-ethyl adjacent to an activating group) is 1. The van der Waals surface area contributed by atoms with Crippen molar-refractivity contribution >= 4 is 39.6 Å². The molecule has 2 fully saturated rings. The molecular weight excluding hydrogens is 699 g/mol. The third kappa shape index (κ3) is 11.6. The van der Waals surface area contributed by atoms with Crippen LogP contribution in [0.3, 0.4) is 0 Å². The van der Waals surface area contributed by atoms with Crippen molar-refractivity contribution in [3.8, 4) is 0 Å². The van der Waals surface area contributed by atoms with Crippen molar-refractivity contribution in [3.63, 3.8) is 0 Å². The smallest absolute Gasteiger partial charge is 0.315 e. The van der Waals surface area contributed by atoms with E-state index in [2.05, 4.69) is 32.8 Å². The highest BCUT2D eigenvalue weighted by Crippen LogP contribution is 2.34. The summed E-state index contributed by atoms with van der Waals surface area (Å²) >= 11 is 0. The molecule has 1 aromatic heterocycles. The van der Waals surface area contributed by atoms with Gasteiger partial charge in [0.15, 0.2) is 5.03 Å². The van der Waals surface area contributed by atoms with E-state index in [-0.39, 0.29) is 48.2 Å². The lowest BCUT2D eigenvalue weighted by molar-refractivity contribution is -0.144. The van der Waals surface area contributed by atoms with Crippen LogP contribution in [0.2, 0.25) is 0 Å². The molecule has 1 aliphatic carbocycles. The third-order valence-electron chi connectivity index (χ3n) is 10.5. The van der Waals surface area contributed by atoms with Crippen molar-refractivity contribution in [3.05, 3.63) is 37.1 Å². The first-order chi connectivity index (χ1) is 24.9. The average Bonchev–Trinajstić information content (AvgIpc) is 3.58. The van der Waals surface area contributed by atoms with Gasteiger partial charge in [-0.15, -0.1) is 6.58 Å². The van der Waals surface area contributed by atoms with E-state index < -0.39 is 63.2 Å². The molecule has 1 saturated heterocycles. The van der Waals surface area contributed by atoms with Crippen LogP contribution >= 0.6 is 0 Å². The molecule has 4 N–H and O–H groups in total. The fourth-order valence-electron chi connectivity index (χ4n) is 7.24. The molecule has 1 aliphatic heterocycles. The Morgan fingerprint density at radius 1 is 1.04 bits per heavy atom. The third-order valence-corrected chi connectivity index (χ3v) is 12.2. The van der Waals surface area contributed by atoms with Crippen molar-refractivity contribution in [2.24, 2.45) is 23.2 Å². The van der Waals surface area contributed by atoms with Crippen molar-refractivity contribution in [1.82, 2.24) is 35.5 Å². The van der Waals surface area contributed by atoms with Gasteiger partial charge in [-0.05, 0) is 61.0 Å². The van der Waals surface area contributed by atoms with Gasteiger partial charge in [0.1, 0.15) is 12.1 Å². The van der Waals surface area contributed by atoms with Crippen LogP contribution in [0.25, 0.3) is 0 Å². The van der Waals surface area contributed by atoms with Gasteiger partial charge in [-0.1, -0.05) is 79.4 Å². The van der Waals surface area contributed by atoms with E-state index in [9.17, 15) is 32.4 Å². The Morgan fingerprint density at radius 2 is 1.72 bits per heavy atom. The Kier molecular flexibility index (Phi) is 16.0. The van der Waals surface area contributed by atoms with Crippen LogP contribution in [0.4, 0.5) is 4.79 Å². The molecule has 2 aliphatic rings. The molecule has 1 unspecified atom stereocenters. The first-order valence-electron chi connectivity index (χ1n) is 18.9. The maximum Gasteiger partial charge on any atom is 0.315 e. The predicted octanol–water partition coefficient (Wildman–Crippen LogP) is 3.39. The van der Waals surface area contributed by atoms with E-state index in [4.69, 9.17) is 0 Å². The summed E-state index contributed by atoms with van der Waals surface area (Å²) in [5.41, 5.74) is -0.576. The minimum absolute atomic E-state index is 0.0241. The van der Waals surface area contributed by atoms with Crippen LogP contribution in [0.5, 0.6) is 0 Å². The number of nitrogens with one attached hydrogen (secondary N) is 4. The molecule has 2 heterocycles. The summed E-state index contributed by atoms with van der Waals surface area (Å²) in [6.07, 6.45) is 8.45. The molecule has 15 heteroatoms. The van der Waals surface area contributed by atoms with Crippen molar-refractivity contribution < 1.29 is 32.4 Å². The number of Topliss-reactive ketones (excluding diaryl/α,β-unsaturated/α-hetero) is 1. The molecular formula is C38H61N7O7S. The standard InChI is InChI=1S/C38H61N7O7S/c1-9-16-28(33(46)35(48)40-21-10-2)41-34(47)32-27(25(3)4)20-23-45(32)36(49)31(26-17-12-11-13-18-26)43-37(50)42-29(38(5,6)7)24-44(8)53(51,52)30-19-14-15-22-39-30/h10,14-15,19,22,25-29,31-32H,2,9,11-13,16-18,20-21,23-24H2,1,3-8H3,(H,40,48)(H,41,47)(H2,42,43,50)/t27-,28?,29-,31+,32+/m1/s1. The molecule has 0 bridgehead atoms. The maximum atomic E-state index is 14.7. The summed E-state index contributed by atoms with van der Waals surface area (Å²) < 4.78 is 27.7. The number of pyridine rings is 1. The van der Waals surface area contributed by atoms with Gasteiger partial charge in [-0.25, -0.2) is 18.2 Å². The summed E-state index contributed by atoms with van der Waals surface area (Å²) in [5, 5.41) is 11.1. The highest BCUT2D eigenvalue weighted by molar-refractivity contribution is 7.89. The molecule has 5 atom stereocenters. The van der Waals surface area contributed by atoms with Gasteiger partial charge in [0.25, 0.3) is 15.9 Å². The van der Waals surface area contributed by atoms with Gasteiger partial charge < -0.3 is 26.2 Å². The molecule has 1 saturated carbocycles. The van der Waals surface area contributed by atoms with Crippen LogP contribution in [0.15, 0.2) is 42.1 Å². The molecule has 1 aromatic rings. The number of nitrogens with zero attached hydrogens (tertiary/aromatic N) is 3. The van der Waals surface area contributed by atoms with Gasteiger partial charge in [0, 0.05) is 38.9 Å². The number of aromatic nitrogens is 1. The number of likely N-dealkylation sites (tertiary alicyclic amines) is 1. The summed E-state index contributed by atoms with van der Waals surface area (Å²) in [6.45, 7) is 15.4. The summed E-state index contributed by atoms with van der Waals surface area (Å²) in [5.74, 6) is -2.82. The Bertz CT molecular complexity index is 1540. The number of rotatable bonds is 17. The van der Waals surface area contributed by atoms with Crippen LogP contribution in [-0.2, 0) is 29.2 Å². The summed E-state index contributed by atoms with van der Waals surface area (Å²) in [4.78, 5) is 73.8. The van der Waals surface area contributed by atoms with E-state index in [1.165, 1.54) is 25.4 Å². The maximum absolute atomic E-state index is 14.7. The lowest BCUT2D eigenvalue weighted by Gasteiger charge is -2.38. The Hall–Kier alpha value is -3.85. The Balaban J connectivity index is 1.87. The van der Waals surface area contributed by atoms with Gasteiger partial charge in [-0.3, -0.25) is 19.2 Å². The van der Waals surface area contributed by atoms with Crippen LogP contribution in [0.1, 0.15) is 92.9 Å². The number of ketones is 1. The first-order valence-corrected chi connectivity index (χ1v) is 20.4. The number of carbonyl (C=O) groups is 5. The minimum Gasteiger partial charge on any atom is -0.346 e. The first kappa shape index (κ1) is 43.6. The average molecular weight is 760 g/mol. The molecule has 14 nitrogen and oxygen atoms in total. The monoisotopic (exact) mass is 759 g/mol. The molecule has 53 heavy (non-hydrogen) atoms. The fraction of sp³-hybridized carbons (Fsp3) is 0.684. The molecule has 0 aromatic carbocycles. The minimum atomic E-state index is -3.94. The summed E-state index contributed by atoms with van der Waals surface area (Å²) in [6, 6.07) is 0.460. The zero-order chi connectivity index (χ0) is 39.5. The molecule has 3 rings (SSSR count). The Labute approximate surface area is 315 Å². The predicted molar refractivity (Wildman–Crippen MR) is 203 cm³/mol. The van der Waals surface area contributed by atoms with E-state index in [1.807, 2.05) is 41.5 Å². The second-order valence-corrected chi connectivity index (χ2v) is 17.7. The second kappa shape index (κ2) is 19.5. The molecule has 0 radical (unpaired) electrons. The number of urea groups is 1. The molecule has 5 amide bonds. The highest BCUT2D eigenvalue weighted by Gasteiger charge is 2.47. The number of hydrogen-bond acceptors (Lipinski definition) is 8. The van der Waals surface area contributed by atoms with E-state index in [0.29, 0.717) is 19.4 Å². The molecule has 296 valence electrons. The van der Waals surface area contributed by atoms with Crippen molar-refractivity contribution in [1.29, 1.82) is 0 Å². The number of carbonyl (C=O) groups excluding carboxylic acids is 5. The normalized spacial score (nSPS) is 20.0. The SMILES string of the molecule is C=CCNC(=O)C(=O)C(CCC)NC(=O)[C@@H]1[C@@H](C(C)C)CCN1C(=O)[C@@H](NC(=O)N[C@H](CN(C)S(=O)(=O)c1ccccn1)C(C)(C)C)C1CCCCC1. The van der Waals surface area contributed by atoms with Crippen molar-refractivity contribution in [2.45, 2.75) is 122 Å². The summed E-state index contributed by atoms with van der Waals surface area (Å²) in [7, 11) is -2.51. The second-order valence-electron chi connectivity index (χ2n) is 15.8. The zero-order valence-corrected chi connectivity index (χ0v) is 33.3. The fourth-order valence-corrected chi connectivity index (χ4v) is 8.35. The van der Waals surface area contributed by atoms with Gasteiger partial charge in [-0.2, -0.15) is 4.31 Å². The zero-order valence-electron chi connectivity index (χ0n) is 32.5. The number of hydrogen-bond donors (Lipinski definition) is 4. The number of amides is 5. The topological polar surface area (TPSA) is 187 Å². The molecule has 0 spiro atoms. The van der Waals surface area contributed by atoms with Crippen LogP contribution < -0.4 is 21.3 Å². The van der Waals surface area contributed by atoms with E-state index in [0.717, 1.165) is 36.4 Å². The van der Waals surface area contributed by atoms with Crippen LogP contribution in [-0.4, -0.2) is 103 Å². The number of sulfonamides is 1. The van der Waals surface area contributed by atoms with Gasteiger partial charge >= 0.3 is 6.03 Å². The Morgan fingerprint density at radius 3 is 2.28 bits per heavy atom. The van der Waals surface area contributed by atoms with E-state index >= 15 is 0 Å². The van der Waals surface area contributed by atoms with Gasteiger partial charge in [0.05, 0.1) is 6.04 Å².